The lowest BCUT2D eigenvalue weighted by Gasteiger charge is -2.42. The Bertz CT molecular complexity index is 970. The quantitative estimate of drug-likeness (QED) is 0.556. The number of fused-ring (bicyclic) bond motifs is 1. The monoisotopic (exact) mass is 394 g/mol. The van der Waals surface area contributed by atoms with Gasteiger partial charge >= 0.3 is 5.97 Å². The third kappa shape index (κ3) is 3.86. The smallest absolute Gasteiger partial charge is 0.337 e. The summed E-state index contributed by atoms with van der Waals surface area (Å²) in [5.41, 5.74) is 7.50. The molecule has 0 saturated carbocycles. The maximum Gasteiger partial charge on any atom is 0.337 e. The van der Waals surface area contributed by atoms with E-state index < -0.39 is 5.97 Å². The van der Waals surface area contributed by atoms with Crippen LogP contribution >= 0.6 is 11.3 Å². The van der Waals surface area contributed by atoms with Gasteiger partial charge in [0, 0.05) is 4.88 Å². The van der Waals surface area contributed by atoms with Crippen LogP contribution in [0, 0.1) is 6.92 Å². The van der Waals surface area contributed by atoms with Crippen LogP contribution in [0.1, 0.15) is 84.9 Å². The van der Waals surface area contributed by atoms with Crippen LogP contribution in [-0.2, 0) is 10.8 Å². The van der Waals surface area contributed by atoms with Gasteiger partial charge in [-0.25, -0.2) is 4.79 Å². The molecule has 0 radical (unpaired) electrons. The highest BCUT2D eigenvalue weighted by Gasteiger charge is 2.37. The van der Waals surface area contributed by atoms with Gasteiger partial charge < -0.3 is 5.11 Å². The Labute approximate surface area is 172 Å². The zero-order valence-corrected chi connectivity index (χ0v) is 18.5. The van der Waals surface area contributed by atoms with E-state index in [9.17, 15) is 9.90 Å². The van der Waals surface area contributed by atoms with E-state index >= 15 is 0 Å². The van der Waals surface area contributed by atoms with Gasteiger partial charge in [-0.3, -0.25) is 0 Å². The molecule has 1 aromatic heterocycles. The lowest BCUT2D eigenvalue weighted by Crippen LogP contribution is -2.34. The minimum atomic E-state index is -0.878. The second kappa shape index (κ2) is 7.36. The summed E-state index contributed by atoms with van der Waals surface area (Å²) in [7, 11) is 0. The first kappa shape index (κ1) is 20.6. The van der Waals surface area contributed by atoms with Crippen LogP contribution < -0.4 is 0 Å². The van der Waals surface area contributed by atoms with Crippen molar-refractivity contribution >= 4 is 29.0 Å². The van der Waals surface area contributed by atoms with Crippen molar-refractivity contribution in [3.05, 3.63) is 68.4 Å². The van der Waals surface area contributed by atoms with E-state index in [2.05, 4.69) is 59.8 Å². The lowest BCUT2D eigenvalue weighted by molar-refractivity contribution is 0.0697. The standard InChI is InChI=1S/C25H30O2S/c1-16(8-7-9-22-18(23(26)27)10-13-28-22)19-15-21-20(14-17(19)2)24(3,4)11-12-25(21,5)6/h7-10,13-15H,11-12H2,1-6H3,(H,26,27). The van der Waals surface area contributed by atoms with Crippen molar-refractivity contribution in [1.82, 2.24) is 0 Å². The third-order valence-electron chi connectivity index (χ3n) is 6.14. The van der Waals surface area contributed by atoms with Gasteiger partial charge in [0.25, 0.3) is 0 Å². The summed E-state index contributed by atoms with van der Waals surface area (Å²) in [4.78, 5) is 12.0. The first-order valence-corrected chi connectivity index (χ1v) is 10.7. The molecule has 2 aromatic rings. The largest absolute Gasteiger partial charge is 0.478 e. The van der Waals surface area contributed by atoms with E-state index in [1.807, 2.05) is 17.5 Å². The second-order valence-corrected chi connectivity index (χ2v) is 10.1. The predicted molar refractivity (Wildman–Crippen MR) is 120 cm³/mol. The van der Waals surface area contributed by atoms with Crippen LogP contribution in [0.2, 0.25) is 0 Å². The Morgan fingerprint density at radius 2 is 1.68 bits per heavy atom. The molecule has 0 unspecified atom stereocenters. The van der Waals surface area contributed by atoms with Crippen LogP contribution in [0.25, 0.3) is 11.6 Å². The molecule has 0 spiro atoms. The number of aryl methyl sites for hydroxylation is 1. The molecule has 3 heteroatoms. The van der Waals surface area contributed by atoms with Crippen molar-refractivity contribution in [2.45, 2.75) is 65.2 Å². The molecule has 0 saturated heterocycles. The summed E-state index contributed by atoms with van der Waals surface area (Å²) in [5, 5.41) is 11.1. The maximum atomic E-state index is 11.3. The average molecular weight is 395 g/mol. The second-order valence-electron chi connectivity index (χ2n) is 9.19. The fourth-order valence-electron chi connectivity index (χ4n) is 4.14. The average Bonchev–Trinajstić information content (AvgIpc) is 3.07. The summed E-state index contributed by atoms with van der Waals surface area (Å²) < 4.78 is 0. The zero-order chi connectivity index (χ0) is 20.7. The normalized spacial score (nSPS) is 18.3. The lowest BCUT2D eigenvalue weighted by atomic mass is 9.62. The molecule has 0 atom stereocenters. The van der Waals surface area contributed by atoms with Crippen molar-refractivity contribution in [2.24, 2.45) is 0 Å². The highest BCUT2D eigenvalue weighted by molar-refractivity contribution is 7.11. The van der Waals surface area contributed by atoms with Gasteiger partial charge in [0.15, 0.2) is 0 Å². The molecule has 0 fully saturated rings. The molecule has 0 amide bonds. The van der Waals surface area contributed by atoms with Crippen molar-refractivity contribution in [1.29, 1.82) is 0 Å². The molecular formula is C25H30O2S. The fourth-order valence-corrected chi connectivity index (χ4v) is 4.93. The molecule has 3 rings (SSSR count). The Morgan fingerprint density at radius 1 is 1.07 bits per heavy atom. The number of rotatable bonds is 4. The molecule has 1 aliphatic carbocycles. The summed E-state index contributed by atoms with van der Waals surface area (Å²) in [6.45, 7) is 13.7. The van der Waals surface area contributed by atoms with Crippen LogP contribution in [0.5, 0.6) is 0 Å². The van der Waals surface area contributed by atoms with Gasteiger partial charge in [0.2, 0.25) is 0 Å². The molecule has 1 heterocycles. The highest BCUT2D eigenvalue weighted by atomic mass is 32.1. The van der Waals surface area contributed by atoms with Crippen molar-refractivity contribution in [3.8, 4) is 0 Å². The number of carboxylic acid groups (broad SMARTS) is 1. The number of hydrogen-bond donors (Lipinski definition) is 1. The molecule has 2 nitrogen and oxygen atoms in total. The number of thiophene rings is 1. The molecule has 28 heavy (non-hydrogen) atoms. The minimum absolute atomic E-state index is 0.191. The van der Waals surface area contributed by atoms with Crippen LogP contribution in [0.15, 0.2) is 35.7 Å². The number of hydrogen-bond acceptors (Lipinski definition) is 2. The Hall–Kier alpha value is -2.13. The molecule has 1 aromatic carbocycles. The molecule has 1 aliphatic rings. The molecule has 148 valence electrons. The molecule has 1 N–H and O–H groups in total. The number of carboxylic acids is 1. The Balaban J connectivity index is 1.97. The first-order chi connectivity index (χ1) is 13.0. The molecular weight excluding hydrogens is 364 g/mol. The first-order valence-electron chi connectivity index (χ1n) is 9.85. The van der Waals surface area contributed by atoms with Crippen molar-refractivity contribution in [2.75, 3.05) is 0 Å². The van der Waals surface area contributed by atoms with E-state index in [-0.39, 0.29) is 10.8 Å². The number of carbonyl (C=O) groups is 1. The van der Waals surface area contributed by atoms with Crippen LogP contribution in [0.4, 0.5) is 0 Å². The van der Waals surface area contributed by atoms with Crippen molar-refractivity contribution in [3.63, 3.8) is 0 Å². The van der Waals surface area contributed by atoms with Gasteiger partial charge in [-0.2, -0.15) is 0 Å². The summed E-state index contributed by atoms with van der Waals surface area (Å²) >= 11 is 1.45. The van der Waals surface area contributed by atoms with Crippen molar-refractivity contribution < 1.29 is 9.90 Å². The van der Waals surface area contributed by atoms with Gasteiger partial charge in [-0.15, -0.1) is 11.3 Å². The SMILES string of the molecule is CC(=CC=Cc1sccc1C(=O)O)c1cc2c(cc1C)C(C)(C)CCC2(C)C. The van der Waals surface area contributed by atoms with E-state index in [4.69, 9.17) is 0 Å². The number of allylic oxidation sites excluding steroid dienone is 3. The topological polar surface area (TPSA) is 37.3 Å². The zero-order valence-electron chi connectivity index (χ0n) is 17.7. The van der Waals surface area contributed by atoms with E-state index in [1.54, 1.807) is 6.07 Å². The van der Waals surface area contributed by atoms with E-state index in [0.29, 0.717) is 5.56 Å². The Morgan fingerprint density at radius 3 is 2.29 bits per heavy atom. The van der Waals surface area contributed by atoms with Gasteiger partial charge in [-0.05, 0) is 82.9 Å². The molecule has 0 bridgehead atoms. The summed E-state index contributed by atoms with van der Waals surface area (Å²) in [6.07, 6.45) is 8.35. The van der Waals surface area contributed by atoms with Crippen LogP contribution in [0.3, 0.4) is 0 Å². The third-order valence-corrected chi connectivity index (χ3v) is 7.02. The predicted octanol–water partition coefficient (Wildman–Crippen LogP) is 7.22. The fraction of sp³-hybridized carbons (Fsp3) is 0.400. The summed E-state index contributed by atoms with van der Waals surface area (Å²) in [6, 6.07) is 6.42. The van der Waals surface area contributed by atoms with E-state index in [0.717, 1.165) is 4.88 Å². The summed E-state index contributed by atoms with van der Waals surface area (Å²) in [5.74, 6) is -0.878. The number of aromatic carboxylic acids is 1. The van der Waals surface area contributed by atoms with Gasteiger partial charge in [0.1, 0.15) is 0 Å². The number of benzene rings is 1. The Kier molecular flexibility index (Phi) is 5.42. The van der Waals surface area contributed by atoms with Gasteiger partial charge in [-0.1, -0.05) is 52.0 Å². The van der Waals surface area contributed by atoms with E-state index in [1.165, 1.54) is 52.0 Å². The van der Waals surface area contributed by atoms with Crippen LogP contribution in [-0.4, -0.2) is 11.1 Å². The maximum absolute atomic E-state index is 11.3. The molecule has 0 aliphatic heterocycles. The minimum Gasteiger partial charge on any atom is -0.478 e. The highest BCUT2D eigenvalue weighted by Crippen LogP contribution is 2.47. The van der Waals surface area contributed by atoms with Gasteiger partial charge in [0.05, 0.1) is 5.56 Å².